The number of hydrogen-bond donors (Lipinski definition) is 1. The maximum atomic E-state index is 12.4. The third-order valence-electron chi connectivity index (χ3n) is 3.95. The summed E-state index contributed by atoms with van der Waals surface area (Å²) in [6, 6.07) is 4.72. The molecule has 0 spiro atoms. The van der Waals surface area contributed by atoms with Gasteiger partial charge in [-0.3, -0.25) is 0 Å². The lowest BCUT2D eigenvalue weighted by molar-refractivity contribution is -0.0505. The quantitative estimate of drug-likeness (QED) is 0.780. The Kier molecular flexibility index (Phi) is 6.14. The first-order chi connectivity index (χ1) is 10.0. The molecule has 0 heterocycles. The Bertz CT molecular complexity index is 467. The van der Waals surface area contributed by atoms with Crippen LogP contribution in [-0.4, -0.2) is 24.2 Å². The summed E-state index contributed by atoms with van der Waals surface area (Å²) in [6.45, 7) is -1.48. The molecule has 0 atom stereocenters. The van der Waals surface area contributed by atoms with Crippen molar-refractivity contribution in [2.24, 2.45) is 0 Å². The molecule has 1 aliphatic rings. The molecule has 1 fully saturated rings. The zero-order chi connectivity index (χ0) is 15.3. The van der Waals surface area contributed by atoms with E-state index in [4.69, 9.17) is 11.6 Å². The predicted octanol–water partition coefficient (Wildman–Crippen LogP) is 4.71. The van der Waals surface area contributed by atoms with E-state index in [0.717, 1.165) is 6.54 Å². The van der Waals surface area contributed by atoms with Crippen LogP contribution in [0, 0.1) is 0 Å². The number of benzene rings is 1. The van der Waals surface area contributed by atoms with E-state index < -0.39 is 6.61 Å². The van der Waals surface area contributed by atoms with Gasteiger partial charge in [0.05, 0.1) is 0 Å². The summed E-state index contributed by atoms with van der Waals surface area (Å²) in [6.07, 6.45) is 7.07. The number of hydrogen-bond acceptors (Lipinski definition) is 3. The maximum Gasteiger partial charge on any atom is 0.387 e. The van der Waals surface area contributed by atoms with E-state index in [1.165, 1.54) is 31.7 Å². The SMILES string of the molecule is CSC1(CNCc2cc(Cl)ccc2OC(F)F)CCCC1. The molecule has 1 aromatic carbocycles. The molecule has 2 rings (SSSR count). The van der Waals surface area contributed by atoms with E-state index >= 15 is 0 Å². The van der Waals surface area contributed by atoms with Crippen LogP contribution in [0.1, 0.15) is 31.2 Å². The van der Waals surface area contributed by atoms with Gasteiger partial charge in [0.15, 0.2) is 0 Å². The number of thioether (sulfide) groups is 1. The fourth-order valence-electron chi connectivity index (χ4n) is 2.79. The van der Waals surface area contributed by atoms with Crippen LogP contribution in [0.3, 0.4) is 0 Å². The minimum Gasteiger partial charge on any atom is -0.434 e. The van der Waals surface area contributed by atoms with Gasteiger partial charge in [-0.05, 0) is 37.3 Å². The van der Waals surface area contributed by atoms with Crippen LogP contribution in [0.2, 0.25) is 5.02 Å². The fourth-order valence-corrected chi connectivity index (χ4v) is 3.93. The van der Waals surface area contributed by atoms with Gasteiger partial charge in [-0.1, -0.05) is 24.4 Å². The molecule has 1 N–H and O–H groups in total. The van der Waals surface area contributed by atoms with Crippen molar-refractivity contribution in [2.75, 3.05) is 12.8 Å². The van der Waals surface area contributed by atoms with Crippen molar-refractivity contribution < 1.29 is 13.5 Å². The zero-order valence-electron chi connectivity index (χ0n) is 12.0. The molecule has 0 amide bonds. The average molecular weight is 336 g/mol. The lowest BCUT2D eigenvalue weighted by atomic mass is 10.1. The van der Waals surface area contributed by atoms with Gasteiger partial charge in [0.25, 0.3) is 0 Å². The highest BCUT2D eigenvalue weighted by Gasteiger charge is 2.32. The molecule has 0 radical (unpaired) electrons. The van der Waals surface area contributed by atoms with Crippen molar-refractivity contribution in [1.29, 1.82) is 0 Å². The number of ether oxygens (including phenoxy) is 1. The van der Waals surface area contributed by atoms with E-state index in [-0.39, 0.29) is 10.5 Å². The first-order valence-electron chi connectivity index (χ1n) is 7.04. The summed E-state index contributed by atoms with van der Waals surface area (Å²) in [4.78, 5) is 0. The van der Waals surface area contributed by atoms with Gasteiger partial charge in [0.1, 0.15) is 5.75 Å². The summed E-state index contributed by atoms with van der Waals surface area (Å²) < 4.78 is 29.6. The Hall–Kier alpha value is -0.520. The van der Waals surface area contributed by atoms with Crippen LogP contribution in [0.5, 0.6) is 5.75 Å². The number of halogens is 3. The van der Waals surface area contributed by atoms with E-state index in [1.54, 1.807) is 12.1 Å². The summed E-state index contributed by atoms with van der Waals surface area (Å²) >= 11 is 7.83. The van der Waals surface area contributed by atoms with Gasteiger partial charge in [-0.25, -0.2) is 0 Å². The van der Waals surface area contributed by atoms with Gasteiger partial charge < -0.3 is 10.1 Å². The lowest BCUT2D eigenvalue weighted by Crippen LogP contribution is -2.34. The molecule has 21 heavy (non-hydrogen) atoms. The summed E-state index contributed by atoms with van der Waals surface area (Å²) in [5.74, 6) is 0.187. The molecular formula is C15H20ClF2NOS. The smallest absolute Gasteiger partial charge is 0.387 e. The molecule has 0 unspecified atom stereocenters. The largest absolute Gasteiger partial charge is 0.434 e. The molecular weight excluding hydrogens is 316 g/mol. The first kappa shape index (κ1) is 16.8. The third-order valence-corrected chi connectivity index (χ3v) is 5.60. The second-order valence-corrected chi connectivity index (χ2v) is 7.04. The van der Waals surface area contributed by atoms with Crippen molar-refractivity contribution >= 4 is 23.4 Å². The highest BCUT2D eigenvalue weighted by atomic mass is 35.5. The van der Waals surface area contributed by atoms with E-state index in [0.29, 0.717) is 17.1 Å². The van der Waals surface area contributed by atoms with Gasteiger partial charge in [0, 0.05) is 28.4 Å². The molecule has 118 valence electrons. The zero-order valence-corrected chi connectivity index (χ0v) is 13.6. The lowest BCUT2D eigenvalue weighted by Gasteiger charge is -2.27. The molecule has 6 heteroatoms. The Morgan fingerprint density at radius 1 is 1.38 bits per heavy atom. The van der Waals surface area contributed by atoms with Crippen LogP contribution in [0.25, 0.3) is 0 Å². The molecule has 0 bridgehead atoms. The Morgan fingerprint density at radius 3 is 2.71 bits per heavy atom. The number of rotatable bonds is 7. The minimum atomic E-state index is -2.82. The number of nitrogens with one attached hydrogen (secondary N) is 1. The van der Waals surface area contributed by atoms with Gasteiger partial charge in [-0.2, -0.15) is 20.5 Å². The molecule has 2 nitrogen and oxygen atoms in total. The highest BCUT2D eigenvalue weighted by molar-refractivity contribution is 8.00. The van der Waals surface area contributed by atoms with E-state index in [1.807, 2.05) is 11.8 Å². The van der Waals surface area contributed by atoms with Gasteiger partial charge in [-0.15, -0.1) is 0 Å². The fraction of sp³-hybridized carbons (Fsp3) is 0.600. The van der Waals surface area contributed by atoms with E-state index in [2.05, 4.69) is 16.3 Å². The molecule has 1 aromatic rings. The second kappa shape index (κ2) is 7.65. The van der Waals surface area contributed by atoms with Crippen molar-refractivity contribution in [2.45, 2.75) is 43.6 Å². The minimum absolute atomic E-state index is 0.187. The molecule has 1 saturated carbocycles. The van der Waals surface area contributed by atoms with Crippen LogP contribution in [0.15, 0.2) is 18.2 Å². The van der Waals surface area contributed by atoms with Crippen LogP contribution in [0.4, 0.5) is 8.78 Å². The Balaban J connectivity index is 1.97. The number of alkyl halides is 2. The Morgan fingerprint density at radius 2 is 2.10 bits per heavy atom. The highest BCUT2D eigenvalue weighted by Crippen LogP contribution is 2.39. The molecule has 0 saturated heterocycles. The van der Waals surface area contributed by atoms with Crippen molar-refractivity contribution in [3.8, 4) is 5.75 Å². The van der Waals surface area contributed by atoms with Crippen molar-refractivity contribution in [3.05, 3.63) is 28.8 Å². The maximum absolute atomic E-state index is 12.4. The normalized spacial score (nSPS) is 17.4. The van der Waals surface area contributed by atoms with Gasteiger partial charge in [0.2, 0.25) is 0 Å². The molecule has 0 aromatic heterocycles. The Labute approximate surface area is 133 Å². The van der Waals surface area contributed by atoms with Crippen LogP contribution < -0.4 is 10.1 Å². The van der Waals surface area contributed by atoms with Crippen LogP contribution in [-0.2, 0) is 6.54 Å². The van der Waals surface area contributed by atoms with Crippen LogP contribution >= 0.6 is 23.4 Å². The summed E-state index contributed by atoms with van der Waals surface area (Å²) in [5.41, 5.74) is 0.664. The van der Waals surface area contributed by atoms with Crippen molar-refractivity contribution in [1.82, 2.24) is 5.32 Å². The standard InChI is InChI=1S/C15H20ClF2NOS/c1-21-15(6-2-3-7-15)10-19-9-11-8-12(16)4-5-13(11)20-14(17)18/h4-5,8,14,19H,2-3,6-7,9-10H2,1H3. The monoisotopic (exact) mass is 335 g/mol. The predicted molar refractivity (Wildman–Crippen MR) is 84.5 cm³/mol. The van der Waals surface area contributed by atoms with Gasteiger partial charge >= 0.3 is 6.61 Å². The molecule has 0 aliphatic heterocycles. The summed E-state index contributed by atoms with van der Waals surface area (Å²) in [7, 11) is 0. The first-order valence-corrected chi connectivity index (χ1v) is 8.64. The summed E-state index contributed by atoms with van der Waals surface area (Å²) in [5, 5.41) is 3.89. The third kappa shape index (κ3) is 4.73. The van der Waals surface area contributed by atoms with E-state index in [9.17, 15) is 8.78 Å². The molecule has 1 aliphatic carbocycles. The average Bonchev–Trinajstić information content (AvgIpc) is 2.91. The topological polar surface area (TPSA) is 21.3 Å². The van der Waals surface area contributed by atoms with Crippen molar-refractivity contribution in [3.63, 3.8) is 0 Å². The second-order valence-electron chi connectivity index (χ2n) is 5.33.